The molecule has 1 fully saturated rings. The van der Waals surface area contributed by atoms with Gasteiger partial charge < -0.3 is 15.1 Å². The SMILES string of the molecule is CCN(CC)CC1CCN(C(=NC)NCCCN(C(C)C)C(C)C)C1.I. The third-order valence-corrected chi connectivity index (χ3v) is 5.41. The summed E-state index contributed by atoms with van der Waals surface area (Å²) in [6, 6.07) is 1.22. The van der Waals surface area contributed by atoms with E-state index in [4.69, 9.17) is 0 Å². The predicted octanol–water partition coefficient (Wildman–Crippen LogP) is 3.35. The van der Waals surface area contributed by atoms with Crippen molar-refractivity contribution in [1.29, 1.82) is 0 Å². The van der Waals surface area contributed by atoms with E-state index >= 15 is 0 Å². The second-order valence-electron chi connectivity index (χ2n) is 7.84. The van der Waals surface area contributed by atoms with Crippen molar-refractivity contribution in [3.8, 4) is 0 Å². The Bertz CT molecular complexity index is 374. The van der Waals surface area contributed by atoms with Crippen molar-refractivity contribution in [3.63, 3.8) is 0 Å². The van der Waals surface area contributed by atoms with E-state index in [2.05, 4.69) is 66.6 Å². The van der Waals surface area contributed by atoms with Gasteiger partial charge in [-0.15, -0.1) is 24.0 Å². The van der Waals surface area contributed by atoms with Crippen molar-refractivity contribution in [3.05, 3.63) is 0 Å². The minimum atomic E-state index is 0. The molecule has 1 saturated heterocycles. The van der Waals surface area contributed by atoms with E-state index in [0.717, 1.165) is 57.6 Å². The summed E-state index contributed by atoms with van der Waals surface area (Å²) < 4.78 is 0. The van der Waals surface area contributed by atoms with E-state index in [-0.39, 0.29) is 24.0 Å². The van der Waals surface area contributed by atoms with Crippen LogP contribution >= 0.6 is 24.0 Å². The molecule has 0 radical (unpaired) electrons. The Kier molecular flexibility index (Phi) is 14.0. The number of likely N-dealkylation sites (tertiary alicyclic amines) is 1. The zero-order chi connectivity index (χ0) is 18.8. The average molecular weight is 482 g/mol. The third kappa shape index (κ3) is 8.74. The molecule has 156 valence electrons. The molecule has 1 aliphatic heterocycles. The molecular formula is C20H44IN5. The zero-order valence-corrected chi connectivity index (χ0v) is 20.6. The van der Waals surface area contributed by atoms with Crippen LogP contribution in [0.5, 0.6) is 0 Å². The maximum absolute atomic E-state index is 4.52. The monoisotopic (exact) mass is 481 g/mol. The molecule has 1 unspecified atom stereocenters. The number of guanidine groups is 1. The summed E-state index contributed by atoms with van der Waals surface area (Å²) in [6.45, 7) is 21.6. The molecule has 0 aliphatic carbocycles. The lowest BCUT2D eigenvalue weighted by molar-refractivity contribution is 0.173. The van der Waals surface area contributed by atoms with Crippen LogP contribution in [0.15, 0.2) is 4.99 Å². The molecular weight excluding hydrogens is 437 g/mol. The lowest BCUT2D eigenvalue weighted by Crippen LogP contribution is -2.43. The Labute approximate surface area is 180 Å². The Morgan fingerprint density at radius 3 is 2.27 bits per heavy atom. The summed E-state index contributed by atoms with van der Waals surface area (Å²) in [7, 11) is 1.91. The van der Waals surface area contributed by atoms with Crippen molar-refractivity contribution < 1.29 is 0 Å². The number of halogens is 1. The molecule has 0 saturated carbocycles. The van der Waals surface area contributed by atoms with Crippen molar-refractivity contribution in [2.75, 3.05) is 52.9 Å². The minimum Gasteiger partial charge on any atom is -0.356 e. The van der Waals surface area contributed by atoms with Crippen LogP contribution in [0.3, 0.4) is 0 Å². The van der Waals surface area contributed by atoms with Crippen molar-refractivity contribution in [2.24, 2.45) is 10.9 Å². The lowest BCUT2D eigenvalue weighted by Gasteiger charge is -2.30. The number of hydrogen-bond donors (Lipinski definition) is 1. The highest BCUT2D eigenvalue weighted by Gasteiger charge is 2.25. The largest absolute Gasteiger partial charge is 0.356 e. The van der Waals surface area contributed by atoms with Gasteiger partial charge in [0, 0.05) is 51.9 Å². The molecule has 1 atom stereocenters. The van der Waals surface area contributed by atoms with Gasteiger partial charge in [-0.1, -0.05) is 13.8 Å². The number of aliphatic imine (C=N–C) groups is 1. The molecule has 1 rings (SSSR count). The third-order valence-electron chi connectivity index (χ3n) is 5.41. The molecule has 5 nitrogen and oxygen atoms in total. The highest BCUT2D eigenvalue weighted by atomic mass is 127. The second-order valence-corrected chi connectivity index (χ2v) is 7.84. The van der Waals surface area contributed by atoms with Crippen LogP contribution in [0.4, 0.5) is 0 Å². The Balaban J connectivity index is 0.00000625. The number of hydrogen-bond acceptors (Lipinski definition) is 3. The lowest BCUT2D eigenvalue weighted by atomic mass is 10.1. The van der Waals surface area contributed by atoms with Gasteiger partial charge in [0.05, 0.1) is 0 Å². The topological polar surface area (TPSA) is 34.1 Å². The van der Waals surface area contributed by atoms with Gasteiger partial charge in [0.2, 0.25) is 0 Å². The van der Waals surface area contributed by atoms with Gasteiger partial charge in [-0.2, -0.15) is 0 Å². The number of rotatable bonds is 10. The molecule has 0 spiro atoms. The highest BCUT2D eigenvalue weighted by molar-refractivity contribution is 14.0. The first-order valence-electron chi connectivity index (χ1n) is 10.4. The van der Waals surface area contributed by atoms with Gasteiger partial charge in [0.15, 0.2) is 5.96 Å². The molecule has 6 heteroatoms. The smallest absolute Gasteiger partial charge is 0.193 e. The van der Waals surface area contributed by atoms with E-state index in [1.807, 2.05) is 7.05 Å². The maximum atomic E-state index is 4.52. The second kappa shape index (κ2) is 14.0. The zero-order valence-electron chi connectivity index (χ0n) is 18.3. The van der Waals surface area contributed by atoms with Crippen LogP contribution in [-0.4, -0.2) is 85.6 Å². The van der Waals surface area contributed by atoms with Crippen LogP contribution in [0.2, 0.25) is 0 Å². The van der Waals surface area contributed by atoms with E-state index in [0.29, 0.717) is 12.1 Å². The standard InChI is InChI=1S/C20H43N5.HI/c1-8-23(9-2)15-19-11-14-24(16-19)20(21-7)22-12-10-13-25(17(3)4)18(5)6;/h17-19H,8-16H2,1-7H3,(H,21,22);1H. The summed E-state index contributed by atoms with van der Waals surface area (Å²) in [5, 5.41) is 3.58. The van der Waals surface area contributed by atoms with Gasteiger partial charge in [0.1, 0.15) is 0 Å². The minimum absolute atomic E-state index is 0. The number of nitrogens with one attached hydrogen (secondary N) is 1. The van der Waals surface area contributed by atoms with Gasteiger partial charge in [-0.05, 0) is 59.5 Å². The number of nitrogens with zero attached hydrogens (tertiary/aromatic N) is 4. The predicted molar refractivity (Wildman–Crippen MR) is 126 cm³/mol. The first-order valence-corrected chi connectivity index (χ1v) is 10.4. The molecule has 26 heavy (non-hydrogen) atoms. The van der Waals surface area contributed by atoms with Gasteiger partial charge in [-0.3, -0.25) is 9.89 Å². The van der Waals surface area contributed by atoms with E-state index < -0.39 is 0 Å². The van der Waals surface area contributed by atoms with E-state index in [1.165, 1.54) is 13.0 Å². The van der Waals surface area contributed by atoms with Crippen LogP contribution in [0.25, 0.3) is 0 Å². The van der Waals surface area contributed by atoms with Crippen LogP contribution < -0.4 is 5.32 Å². The fourth-order valence-electron chi connectivity index (χ4n) is 3.93. The molecule has 0 aromatic heterocycles. The maximum Gasteiger partial charge on any atom is 0.193 e. The summed E-state index contributed by atoms with van der Waals surface area (Å²) >= 11 is 0. The molecule has 1 heterocycles. The van der Waals surface area contributed by atoms with E-state index in [9.17, 15) is 0 Å². The van der Waals surface area contributed by atoms with Crippen LogP contribution in [0, 0.1) is 5.92 Å². The van der Waals surface area contributed by atoms with Crippen molar-refractivity contribution >= 4 is 29.9 Å². The Morgan fingerprint density at radius 2 is 1.77 bits per heavy atom. The summed E-state index contributed by atoms with van der Waals surface area (Å²) in [4.78, 5) is 12.1. The highest BCUT2D eigenvalue weighted by Crippen LogP contribution is 2.17. The fourth-order valence-corrected chi connectivity index (χ4v) is 3.93. The summed E-state index contributed by atoms with van der Waals surface area (Å²) in [5.41, 5.74) is 0. The first-order chi connectivity index (χ1) is 11.9. The molecule has 0 amide bonds. The molecule has 0 aromatic carbocycles. The average Bonchev–Trinajstić information content (AvgIpc) is 3.03. The van der Waals surface area contributed by atoms with Gasteiger partial charge >= 0.3 is 0 Å². The van der Waals surface area contributed by atoms with Crippen molar-refractivity contribution in [2.45, 2.75) is 66.5 Å². The van der Waals surface area contributed by atoms with Crippen molar-refractivity contribution in [1.82, 2.24) is 20.0 Å². The first kappa shape index (κ1) is 25.9. The van der Waals surface area contributed by atoms with E-state index in [1.54, 1.807) is 0 Å². The Hall–Kier alpha value is -0.0800. The summed E-state index contributed by atoms with van der Waals surface area (Å²) in [6.07, 6.45) is 2.44. The van der Waals surface area contributed by atoms with Crippen LogP contribution in [0.1, 0.15) is 54.4 Å². The quantitative estimate of drug-likeness (QED) is 0.225. The molecule has 1 aliphatic rings. The fraction of sp³-hybridized carbons (Fsp3) is 0.950. The van der Waals surface area contributed by atoms with Gasteiger partial charge in [-0.25, -0.2) is 0 Å². The normalized spacial score (nSPS) is 18.3. The molecule has 0 bridgehead atoms. The Morgan fingerprint density at radius 1 is 1.15 bits per heavy atom. The molecule has 0 aromatic rings. The summed E-state index contributed by atoms with van der Waals surface area (Å²) in [5.74, 6) is 1.86. The van der Waals surface area contributed by atoms with Gasteiger partial charge in [0.25, 0.3) is 0 Å². The molecule has 1 N–H and O–H groups in total. The van der Waals surface area contributed by atoms with Crippen LogP contribution in [-0.2, 0) is 0 Å².